The van der Waals surface area contributed by atoms with Gasteiger partial charge < -0.3 is 24.4 Å². The molecule has 0 unspecified atom stereocenters. The van der Waals surface area contributed by atoms with Crippen molar-refractivity contribution in [3.63, 3.8) is 0 Å². The number of rotatable bonds is 5. The topological polar surface area (TPSA) is 116 Å². The summed E-state index contributed by atoms with van der Waals surface area (Å²) < 4.78 is 10.6. The predicted octanol–water partition coefficient (Wildman–Crippen LogP) is 2.94. The standard InChI is InChI=1S/C17H14N2O6/c1-2-10-6-12-11(7-16(21)25-15(12)8-13(10)20)9-24-14-4-3-5-18-17(14)19(22)23/h3-8,20H,2,9H2,1H3. The first-order chi connectivity index (χ1) is 12.0. The van der Waals surface area contributed by atoms with Crippen molar-refractivity contribution in [1.82, 2.24) is 4.98 Å². The first-order valence-corrected chi connectivity index (χ1v) is 7.50. The number of hydrogen-bond donors (Lipinski definition) is 1. The molecule has 8 nitrogen and oxygen atoms in total. The Morgan fingerprint density at radius 1 is 1.32 bits per heavy atom. The first kappa shape index (κ1) is 16.4. The molecule has 3 aromatic rings. The van der Waals surface area contributed by atoms with Crippen molar-refractivity contribution < 1.29 is 19.2 Å². The van der Waals surface area contributed by atoms with Crippen LogP contribution < -0.4 is 10.4 Å². The van der Waals surface area contributed by atoms with Gasteiger partial charge in [-0.15, -0.1) is 0 Å². The molecule has 0 saturated carbocycles. The van der Waals surface area contributed by atoms with E-state index in [0.717, 1.165) is 0 Å². The van der Waals surface area contributed by atoms with E-state index in [4.69, 9.17) is 9.15 Å². The summed E-state index contributed by atoms with van der Waals surface area (Å²) in [6.45, 7) is 1.80. The Morgan fingerprint density at radius 3 is 2.84 bits per heavy atom. The highest BCUT2D eigenvalue weighted by Gasteiger charge is 2.17. The van der Waals surface area contributed by atoms with Crippen LogP contribution in [-0.2, 0) is 13.0 Å². The zero-order valence-electron chi connectivity index (χ0n) is 13.3. The highest BCUT2D eigenvalue weighted by atomic mass is 16.6. The lowest BCUT2D eigenvalue weighted by Crippen LogP contribution is -2.05. The largest absolute Gasteiger partial charge is 0.508 e. The number of phenols is 1. The normalized spacial score (nSPS) is 10.8. The molecule has 0 spiro atoms. The Hall–Kier alpha value is -3.42. The summed E-state index contributed by atoms with van der Waals surface area (Å²) in [5, 5.41) is 21.5. The fourth-order valence-electron chi connectivity index (χ4n) is 2.50. The summed E-state index contributed by atoms with van der Waals surface area (Å²) in [4.78, 5) is 25.8. The number of hydrogen-bond acceptors (Lipinski definition) is 7. The molecule has 0 saturated heterocycles. The van der Waals surface area contributed by atoms with Crippen LogP contribution in [0, 0.1) is 10.1 Å². The summed E-state index contributed by atoms with van der Waals surface area (Å²) in [6.07, 6.45) is 1.89. The van der Waals surface area contributed by atoms with E-state index in [-0.39, 0.29) is 23.7 Å². The van der Waals surface area contributed by atoms with Crippen LogP contribution >= 0.6 is 0 Å². The number of benzene rings is 1. The van der Waals surface area contributed by atoms with Crippen molar-refractivity contribution in [2.75, 3.05) is 0 Å². The summed E-state index contributed by atoms with van der Waals surface area (Å²) in [7, 11) is 0. The van der Waals surface area contributed by atoms with Gasteiger partial charge in [0.05, 0.1) is 0 Å². The molecule has 128 valence electrons. The quantitative estimate of drug-likeness (QED) is 0.430. The second-order valence-electron chi connectivity index (χ2n) is 5.29. The zero-order valence-corrected chi connectivity index (χ0v) is 13.3. The number of phenolic OH excluding ortho intramolecular Hbond substituents is 1. The number of nitro groups is 1. The summed E-state index contributed by atoms with van der Waals surface area (Å²) in [5.41, 5.74) is 0.811. The summed E-state index contributed by atoms with van der Waals surface area (Å²) in [6, 6.07) is 7.31. The van der Waals surface area contributed by atoms with Crippen molar-refractivity contribution >= 4 is 16.8 Å². The molecular weight excluding hydrogens is 328 g/mol. The molecule has 0 aliphatic carbocycles. The van der Waals surface area contributed by atoms with Crippen molar-refractivity contribution in [2.24, 2.45) is 0 Å². The number of aryl methyl sites for hydroxylation is 1. The summed E-state index contributed by atoms with van der Waals surface area (Å²) >= 11 is 0. The van der Waals surface area contributed by atoms with Gasteiger partial charge in [0.2, 0.25) is 5.75 Å². The molecule has 0 aliphatic rings. The van der Waals surface area contributed by atoms with E-state index in [1.807, 2.05) is 6.92 Å². The van der Waals surface area contributed by atoms with E-state index in [1.54, 1.807) is 6.07 Å². The van der Waals surface area contributed by atoms with E-state index < -0.39 is 16.4 Å². The molecule has 1 N–H and O–H groups in total. The predicted molar refractivity (Wildman–Crippen MR) is 88.8 cm³/mol. The van der Waals surface area contributed by atoms with Gasteiger partial charge >= 0.3 is 11.4 Å². The SMILES string of the molecule is CCc1cc2c(COc3cccnc3[N+](=O)[O-])cc(=O)oc2cc1O. The number of pyridine rings is 1. The van der Waals surface area contributed by atoms with Gasteiger partial charge in [0, 0.05) is 23.1 Å². The van der Waals surface area contributed by atoms with Gasteiger partial charge in [-0.2, -0.15) is 0 Å². The first-order valence-electron chi connectivity index (χ1n) is 7.50. The van der Waals surface area contributed by atoms with Crippen LogP contribution in [0.5, 0.6) is 11.5 Å². The molecule has 3 rings (SSSR count). The second kappa shape index (κ2) is 6.60. The Balaban J connectivity index is 2.02. The molecule has 0 atom stereocenters. The number of aromatic nitrogens is 1. The lowest BCUT2D eigenvalue weighted by molar-refractivity contribution is -0.390. The molecule has 0 amide bonds. The third-order valence-electron chi connectivity index (χ3n) is 3.72. The van der Waals surface area contributed by atoms with E-state index in [0.29, 0.717) is 22.9 Å². The van der Waals surface area contributed by atoms with Gasteiger partial charge in [-0.1, -0.05) is 6.92 Å². The van der Waals surface area contributed by atoms with Crippen molar-refractivity contribution in [1.29, 1.82) is 0 Å². The number of fused-ring (bicyclic) bond motifs is 1. The number of nitrogens with zero attached hydrogens (tertiary/aromatic N) is 2. The third-order valence-corrected chi connectivity index (χ3v) is 3.72. The van der Waals surface area contributed by atoms with Crippen LogP contribution in [0.4, 0.5) is 5.82 Å². The number of ether oxygens (including phenoxy) is 1. The molecule has 0 radical (unpaired) electrons. The minimum atomic E-state index is -0.639. The van der Waals surface area contributed by atoms with Crippen LogP contribution in [0.2, 0.25) is 0 Å². The van der Waals surface area contributed by atoms with Gasteiger partial charge in [-0.05, 0) is 40.1 Å². The molecule has 0 aliphatic heterocycles. The Kier molecular flexibility index (Phi) is 4.34. The van der Waals surface area contributed by atoms with Gasteiger partial charge in [0.25, 0.3) is 0 Å². The zero-order chi connectivity index (χ0) is 18.0. The van der Waals surface area contributed by atoms with E-state index in [1.165, 1.54) is 30.5 Å². The molecule has 1 aromatic carbocycles. The van der Waals surface area contributed by atoms with Crippen LogP contribution in [-0.4, -0.2) is 15.0 Å². The van der Waals surface area contributed by atoms with E-state index in [2.05, 4.69) is 4.98 Å². The lowest BCUT2D eigenvalue weighted by atomic mass is 10.0. The fourth-order valence-corrected chi connectivity index (χ4v) is 2.50. The van der Waals surface area contributed by atoms with Gasteiger partial charge in [-0.3, -0.25) is 0 Å². The van der Waals surface area contributed by atoms with Crippen LogP contribution in [0.3, 0.4) is 0 Å². The fraction of sp³-hybridized carbons (Fsp3) is 0.176. The molecule has 0 fully saturated rings. The number of aromatic hydroxyl groups is 1. The van der Waals surface area contributed by atoms with E-state index in [9.17, 15) is 20.0 Å². The van der Waals surface area contributed by atoms with Gasteiger partial charge in [0.1, 0.15) is 24.1 Å². The Bertz CT molecular complexity index is 1010. The second-order valence-corrected chi connectivity index (χ2v) is 5.29. The minimum Gasteiger partial charge on any atom is -0.508 e. The monoisotopic (exact) mass is 342 g/mol. The smallest absolute Gasteiger partial charge is 0.406 e. The lowest BCUT2D eigenvalue weighted by Gasteiger charge is -2.10. The van der Waals surface area contributed by atoms with Crippen LogP contribution in [0.25, 0.3) is 11.0 Å². The van der Waals surface area contributed by atoms with Gasteiger partial charge in [0.15, 0.2) is 0 Å². The Morgan fingerprint density at radius 2 is 2.12 bits per heavy atom. The van der Waals surface area contributed by atoms with Gasteiger partial charge in [-0.25, -0.2) is 4.79 Å². The van der Waals surface area contributed by atoms with E-state index >= 15 is 0 Å². The van der Waals surface area contributed by atoms with Crippen LogP contribution in [0.15, 0.2) is 45.7 Å². The molecule has 2 aromatic heterocycles. The molecule has 25 heavy (non-hydrogen) atoms. The average molecular weight is 342 g/mol. The maximum Gasteiger partial charge on any atom is 0.406 e. The highest BCUT2D eigenvalue weighted by Crippen LogP contribution is 2.29. The molecule has 2 heterocycles. The average Bonchev–Trinajstić information content (AvgIpc) is 2.59. The third kappa shape index (κ3) is 3.27. The highest BCUT2D eigenvalue weighted by molar-refractivity contribution is 5.82. The maximum atomic E-state index is 11.7. The molecule has 8 heteroatoms. The van der Waals surface area contributed by atoms with Crippen molar-refractivity contribution in [2.45, 2.75) is 20.0 Å². The van der Waals surface area contributed by atoms with Crippen molar-refractivity contribution in [3.8, 4) is 11.5 Å². The minimum absolute atomic E-state index is 0.00313. The Labute approximate surface area is 141 Å². The molecule has 0 bridgehead atoms. The molecular formula is C17H14N2O6. The maximum absolute atomic E-state index is 11.7. The summed E-state index contributed by atoms with van der Waals surface area (Å²) in [5.74, 6) is -0.357. The van der Waals surface area contributed by atoms with Crippen LogP contribution in [0.1, 0.15) is 18.1 Å². The van der Waals surface area contributed by atoms with Crippen molar-refractivity contribution in [3.05, 3.63) is 68.2 Å².